The van der Waals surface area contributed by atoms with E-state index in [9.17, 15) is 21.6 Å². The predicted molar refractivity (Wildman–Crippen MR) is 71.5 cm³/mol. The van der Waals surface area contributed by atoms with Crippen LogP contribution in [0.4, 0.5) is 18.9 Å². The van der Waals surface area contributed by atoms with Gasteiger partial charge in [0.15, 0.2) is 0 Å². The van der Waals surface area contributed by atoms with Gasteiger partial charge >= 0.3 is 6.18 Å². The zero-order chi connectivity index (χ0) is 15.1. The average Bonchev–Trinajstić information content (AvgIpc) is 3.07. The standard InChI is InChI=1S/C11H12BrF3N2O2S/c12-9-5-7(16)1-4-10(9)20(18,19)17(8-2-3-8)6-11(13,14)15/h1,4-5,8H,2-3,6,16H2. The van der Waals surface area contributed by atoms with E-state index in [1.165, 1.54) is 18.2 Å². The molecule has 2 N–H and O–H groups in total. The topological polar surface area (TPSA) is 63.4 Å². The Kier molecular flexibility index (Phi) is 4.05. The smallest absolute Gasteiger partial charge is 0.399 e. The average molecular weight is 373 g/mol. The van der Waals surface area contributed by atoms with Gasteiger partial charge < -0.3 is 5.73 Å². The molecule has 1 aromatic carbocycles. The number of benzene rings is 1. The first-order valence-electron chi connectivity index (χ1n) is 5.75. The van der Waals surface area contributed by atoms with Crippen LogP contribution < -0.4 is 5.73 Å². The number of sulfonamides is 1. The van der Waals surface area contributed by atoms with E-state index in [1.807, 2.05) is 0 Å². The van der Waals surface area contributed by atoms with E-state index in [0.29, 0.717) is 22.8 Å². The molecule has 0 atom stereocenters. The van der Waals surface area contributed by atoms with Crippen molar-refractivity contribution in [1.29, 1.82) is 0 Å². The fourth-order valence-electron chi connectivity index (χ4n) is 1.80. The summed E-state index contributed by atoms with van der Waals surface area (Å²) in [6, 6.07) is 3.33. The molecule has 9 heteroatoms. The molecule has 1 aliphatic carbocycles. The minimum Gasteiger partial charge on any atom is -0.399 e. The maximum atomic E-state index is 12.6. The van der Waals surface area contributed by atoms with Gasteiger partial charge in [0.2, 0.25) is 10.0 Å². The first-order chi connectivity index (χ1) is 9.11. The molecule has 1 aliphatic rings. The minimum absolute atomic E-state index is 0.158. The Morgan fingerprint density at radius 2 is 1.95 bits per heavy atom. The van der Waals surface area contributed by atoms with Gasteiger partial charge in [-0.25, -0.2) is 8.42 Å². The van der Waals surface area contributed by atoms with Crippen LogP contribution in [-0.4, -0.2) is 31.5 Å². The van der Waals surface area contributed by atoms with E-state index in [4.69, 9.17) is 5.73 Å². The van der Waals surface area contributed by atoms with Crippen LogP contribution in [0.1, 0.15) is 12.8 Å². The fraction of sp³-hybridized carbons (Fsp3) is 0.455. The summed E-state index contributed by atoms with van der Waals surface area (Å²) in [5, 5.41) is 0. The van der Waals surface area contributed by atoms with Crippen LogP contribution in [-0.2, 0) is 10.0 Å². The lowest BCUT2D eigenvalue weighted by Gasteiger charge is -2.23. The lowest BCUT2D eigenvalue weighted by molar-refractivity contribution is -0.137. The van der Waals surface area contributed by atoms with E-state index in [0.717, 1.165) is 0 Å². The Morgan fingerprint density at radius 1 is 1.35 bits per heavy atom. The Hall–Kier alpha value is -0.800. The maximum Gasteiger partial charge on any atom is 0.402 e. The van der Waals surface area contributed by atoms with Gasteiger partial charge in [0.05, 0.1) is 4.90 Å². The van der Waals surface area contributed by atoms with Crippen molar-refractivity contribution in [1.82, 2.24) is 4.31 Å². The summed E-state index contributed by atoms with van der Waals surface area (Å²) < 4.78 is 63.1. The molecule has 4 nitrogen and oxygen atoms in total. The molecule has 0 radical (unpaired) electrons. The fourth-order valence-corrected chi connectivity index (χ4v) is 4.53. The highest BCUT2D eigenvalue weighted by atomic mass is 79.9. The predicted octanol–water partition coefficient (Wildman–Crippen LogP) is 2.75. The first-order valence-corrected chi connectivity index (χ1v) is 7.98. The molecule has 0 bridgehead atoms. The van der Waals surface area contributed by atoms with Crippen molar-refractivity contribution in [2.45, 2.75) is 30.0 Å². The largest absolute Gasteiger partial charge is 0.402 e. The normalized spacial score (nSPS) is 16.6. The Morgan fingerprint density at radius 3 is 2.40 bits per heavy atom. The number of anilines is 1. The summed E-state index contributed by atoms with van der Waals surface area (Å²) in [7, 11) is -4.21. The molecule has 20 heavy (non-hydrogen) atoms. The number of alkyl halides is 3. The molecule has 0 heterocycles. The van der Waals surface area contributed by atoms with E-state index < -0.39 is 28.8 Å². The molecule has 1 aromatic rings. The van der Waals surface area contributed by atoms with Crippen LogP contribution in [0.15, 0.2) is 27.6 Å². The van der Waals surface area contributed by atoms with Gasteiger partial charge in [0, 0.05) is 16.2 Å². The molecular formula is C11H12BrF3N2O2S. The van der Waals surface area contributed by atoms with Gasteiger partial charge in [-0.1, -0.05) is 0 Å². The quantitative estimate of drug-likeness (QED) is 0.826. The highest BCUT2D eigenvalue weighted by molar-refractivity contribution is 9.10. The second-order valence-corrected chi connectivity index (χ2v) is 7.30. The van der Waals surface area contributed by atoms with E-state index >= 15 is 0 Å². The molecule has 0 amide bonds. The van der Waals surface area contributed by atoms with Crippen molar-refractivity contribution >= 4 is 31.6 Å². The third kappa shape index (κ3) is 3.44. The van der Waals surface area contributed by atoms with Gasteiger partial charge in [-0.3, -0.25) is 0 Å². The molecular weight excluding hydrogens is 361 g/mol. The lowest BCUT2D eigenvalue weighted by atomic mass is 10.3. The van der Waals surface area contributed by atoms with E-state index in [1.54, 1.807) is 0 Å². The summed E-state index contributed by atoms with van der Waals surface area (Å²) in [4.78, 5) is -0.206. The molecule has 0 spiro atoms. The third-order valence-corrected chi connectivity index (χ3v) is 5.71. The molecule has 0 unspecified atom stereocenters. The molecule has 0 aliphatic heterocycles. The monoisotopic (exact) mass is 372 g/mol. The van der Waals surface area contributed by atoms with E-state index in [2.05, 4.69) is 15.9 Å². The Bertz CT molecular complexity index is 615. The number of nitrogens with zero attached hydrogens (tertiary/aromatic N) is 1. The number of hydrogen-bond donors (Lipinski definition) is 1. The number of nitrogens with two attached hydrogens (primary N) is 1. The van der Waals surface area contributed by atoms with Crippen molar-refractivity contribution < 1.29 is 21.6 Å². The second-order valence-electron chi connectivity index (χ2n) is 4.59. The van der Waals surface area contributed by atoms with Gasteiger partial charge in [-0.15, -0.1) is 0 Å². The SMILES string of the molecule is Nc1ccc(S(=O)(=O)N(CC(F)(F)F)C2CC2)c(Br)c1. The van der Waals surface area contributed by atoms with Gasteiger partial charge in [0.1, 0.15) is 6.54 Å². The van der Waals surface area contributed by atoms with Crippen LogP contribution in [0.3, 0.4) is 0 Å². The van der Waals surface area contributed by atoms with Crippen molar-refractivity contribution in [3.63, 3.8) is 0 Å². The lowest BCUT2D eigenvalue weighted by Crippen LogP contribution is -2.40. The Labute approximate surface area is 122 Å². The number of halogens is 4. The maximum absolute atomic E-state index is 12.6. The van der Waals surface area contributed by atoms with Gasteiger partial charge in [-0.05, 0) is 47.0 Å². The van der Waals surface area contributed by atoms with Crippen molar-refractivity contribution in [3.8, 4) is 0 Å². The number of rotatable bonds is 4. The van der Waals surface area contributed by atoms with Crippen LogP contribution in [0.5, 0.6) is 0 Å². The summed E-state index contributed by atoms with van der Waals surface area (Å²) in [5.74, 6) is 0. The highest BCUT2D eigenvalue weighted by Crippen LogP contribution is 2.36. The third-order valence-electron chi connectivity index (χ3n) is 2.83. The molecule has 1 saturated carbocycles. The van der Waals surface area contributed by atoms with Crippen molar-refractivity contribution in [3.05, 3.63) is 22.7 Å². The zero-order valence-corrected chi connectivity index (χ0v) is 12.6. The van der Waals surface area contributed by atoms with E-state index in [-0.39, 0.29) is 9.37 Å². The van der Waals surface area contributed by atoms with Gasteiger partial charge in [0.25, 0.3) is 0 Å². The van der Waals surface area contributed by atoms with Gasteiger partial charge in [-0.2, -0.15) is 17.5 Å². The van der Waals surface area contributed by atoms with Crippen LogP contribution in [0, 0.1) is 0 Å². The first kappa shape index (κ1) is 15.6. The van der Waals surface area contributed by atoms with Crippen LogP contribution >= 0.6 is 15.9 Å². The van der Waals surface area contributed by atoms with Crippen molar-refractivity contribution in [2.75, 3.05) is 12.3 Å². The van der Waals surface area contributed by atoms with Crippen LogP contribution in [0.25, 0.3) is 0 Å². The molecule has 0 saturated heterocycles. The summed E-state index contributed by atoms with van der Waals surface area (Å²) in [6.07, 6.45) is -3.68. The molecule has 0 aromatic heterocycles. The second kappa shape index (κ2) is 5.19. The summed E-state index contributed by atoms with van der Waals surface area (Å²) >= 11 is 3.03. The molecule has 112 valence electrons. The number of hydrogen-bond acceptors (Lipinski definition) is 3. The van der Waals surface area contributed by atoms with Crippen LogP contribution in [0.2, 0.25) is 0 Å². The summed E-state index contributed by atoms with van der Waals surface area (Å²) in [5.41, 5.74) is 5.83. The molecule has 1 fully saturated rings. The minimum atomic E-state index is -4.57. The van der Waals surface area contributed by atoms with Crippen molar-refractivity contribution in [2.24, 2.45) is 0 Å². The zero-order valence-electron chi connectivity index (χ0n) is 10.2. The molecule has 2 rings (SSSR count). The summed E-state index contributed by atoms with van der Waals surface area (Å²) in [6.45, 7) is -1.48. The number of nitrogen functional groups attached to an aromatic ring is 1. The highest BCUT2D eigenvalue weighted by Gasteiger charge is 2.45. The Balaban J connectivity index is 2.40.